The molecule has 1 aromatic heterocycles. The van der Waals surface area contributed by atoms with Crippen LogP contribution in [0.1, 0.15) is 60.8 Å². The number of rotatable bonds is 9. The van der Waals surface area contributed by atoms with Crippen molar-refractivity contribution in [1.82, 2.24) is 20.9 Å². The highest BCUT2D eigenvalue weighted by Gasteiger charge is 2.14. The van der Waals surface area contributed by atoms with E-state index in [2.05, 4.69) is 32.9 Å². The Hall–Kier alpha value is -1.63. The molecule has 3 N–H and O–H groups in total. The molecule has 1 aliphatic rings. The van der Waals surface area contributed by atoms with E-state index in [4.69, 9.17) is 0 Å². The van der Waals surface area contributed by atoms with Crippen LogP contribution >= 0.6 is 11.3 Å². The highest BCUT2D eigenvalue weighted by Crippen LogP contribution is 2.28. The molecule has 2 rings (SSSR count). The van der Waals surface area contributed by atoms with Crippen molar-refractivity contribution in [2.24, 2.45) is 10.9 Å². The number of nitrogens with one attached hydrogen (secondary N) is 3. The number of aliphatic imine (C=N–C) groups is 1. The molecule has 1 amide bonds. The van der Waals surface area contributed by atoms with Gasteiger partial charge >= 0.3 is 0 Å². The Morgan fingerprint density at radius 1 is 1.28 bits per heavy atom. The lowest BCUT2D eigenvalue weighted by molar-refractivity contribution is 0.0957. The third-order valence-electron chi connectivity index (χ3n) is 4.51. The van der Waals surface area contributed by atoms with Crippen LogP contribution in [-0.2, 0) is 0 Å². The number of guanidine groups is 1. The molecule has 0 bridgehead atoms. The normalized spacial score (nSPS) is 15.4. The fourth-order valence-corrected chi connectivity index (χ4v) is 3.89. The van der Waals surface area contributed by atoms with Crippen LogP contribution < -0.4 is 16.0 Å². The lowest BCUT2D eigenvalue weighted by Crippen LogP contribution is -2.41. The lowest BCUT2D eigenvalue weighted by atomic mass is 10.0. The molecule has 6 nitrogen and oxygen atoms in total. The Bertz CT molecular complexity index is 551. The summed E-state index contributed by atoms with van der Waals surface area (Å²) in [5.74, 6) is 1.70. The first-order valence-corrected chi connectivity index (χ1v) is 10.3. The van der Waals surface area contributed by atoms with Crippen molar-refractivity contribution in [3.8, 4) is 0 Å². The van der Waals surface area contributed by atoms with E-state index in [1.54, 1.807) is 5.51 Å². The highest BCUT2D eigenvalue weighted by molar-refractivity contribution is 7.11. The zero-order chi connectivity index (χ0) is 17.9. The molecular formula is C18H31N5OS. The maximum absolute atomic E-state index is 12.0. The second kappa shape index (κ2) is 11.1. The summed E-state index contributed by atoms with van der Waals surface area (Å²) in [5.41, 5.74) is 2.48. The molecule has 0 aliphatic heterocycles. The number of aromatic nitrogens is 1. The molecule has 1 heterocycles. The second-order valence-corrected chi connectivity index (χ2v) is 7.36. The Morgan fingerprint density at radius 2 is 2.04 bits per heavy atom. The minimum absolute atomic E-state index is 0.0553. The molecule has 1 aromatic rings. The summed E-state index contributed by atoms with van der Waals surface area (Å²) < 4.78 is 0. The standard InChI is InChI=1S/C18H31N5OS/c1-3-19-18(21-10-6-9-15-7-4-5-8-15)22-12-11-20-17(24)16-14(2)23-13-25-16/h13,15H,3-12H2,1-2H3,(H,20,24)(H2,19,21,22). The molecule has 1 aliphatic carbocycles. The Morgan fingerprint density at radius 3 is 2.72 bits per heavy atom. The van der Waals surface area contributed by atoms with Gasteiger partial charge in [0.05, 0.1) is 11.2 Å². The van der Waals surface area contributed by atoms with Crippen LogP contribution in [0.25, 0.3) is 0 Å². The largest absolute Gasteiger partial charge is 0.357 e. The van der Waals surface area contributed by atoms with Gasteiger partial charge in [0.1, 0.15) is 4.88 Å². The van der Waals surface area contributed by atoms with Gasteiger partial charge in [-0.1, -0.05) is 25.7 Å². The third kappa shape index (κ3) is 7.02. The number of thiazole rings is 1. The first kappa shape index (κ1) is 19.7. The molecule has 25 heavy (non-hydrogen) atoms. The average Bonchev–Trinajstić information content (AvgIpc) is 3.26. The summed E-state index contributed by atoms with van der Waals surface area (Å²) >= 11 is 1.37. The van der Waals surface area contributed by atoms with Crippen LogP contribution in [0.4, 0.5) is 0 Å². The van der Waals surface area contributed by atoms with E-state index < -0.39 is 0 Å². The second-order valence-electron chi connectivity index (χ2n) is 6.50. The van der Waals surface area contributed by atoms with E-state index in [0.717, 1.165) is 37.1 Å². The summed E-state index contributed by atoms with van der Waals surface area (Å²) in [6.45, 7) is 6.81. The summed E-state index contributed by atoms with van der Waals surface area (Å²) in [5, 5.41) is 9.44. The average molecular weight is 366 g/mol. The van der Waals surface area contributed by atoms with Crippen LogP contribution in [0, 0.1) is 12.8 Å². The maximum Gasteiger partial charge on any atom is 0.263 e. The Balaban J connectivity index is 1.63. The van der Waals surface area contributed by atoms with Gasteiger partial charge in [-0.05, 0) is 32.6 Å². The number of amides is 1. The smallest absolute Gasteiger partial charge is 0.263 e. The summed E-state index contributed by atoms with van der Waals surface area (Å²) in [6.07, 6.45) is 8.08. The molecule has 0 radical (unpaired) electrons. The molecule has 140 valence electrons. The van der Waals surface area contributed by atoms with Crippen molar-refractivity contribution >= 4 is 23.2 Å². The van der Waals surface area contributed by atoms with E-state index in [1.165, 1.54) is 43.4 Å². The zero-order valence-corrected chi connectivity index (χ0v) is 16.3. The van der Waals surface area contributed by atoms with E-state index in [0.29, 0.717) is 18.0 Å². The number of carbonyl (C=O) groups excluding carboxylic acids is 1. The van der Waals surface area contributed by atoms with Gasteiger partial charge in [-0.25, -0.2) is 4.98 Å². The highest BCUT2D eigenvalue weighted by atomic mass is 32.1. The van der Waals surface area contributed by atoms with Gasteiger partial charge in [-0.2, -0.15) is 0 Å². The number of hydrogen-bond acceptors (Lipinski definition) is 4. The number of hydrogen-bond donors (Lipinski definition) is 3. The molecule has 1 fully saturated rings. The zero-order valence-electron chi connectivity index (χ0n) is 15.4. The fraction of sp³-hybridized carbons (Fsp3) is 0.722. The van der Waals surface area contributed by atoms with Gasteiger partial charge in [-0.3, -0.25) is 9.79 Å². The van der Waals surface area contributed by atoms with Crippen LogP contribution in [-0.4, -0.2) is 43.0 Å². The molecule has 0 aromatic carbocycles. The first-order valence-electron chi connectivity index (χ1n) is 9.41. The lowest BCUT2D eigenvalue weighted by Gasteiger charge is -2.12. The predicted molar refractivity (Wildman–Crippen MR) is 104 cm³/mol. The molecule has 0 unspecified atom stereocenters. The molecule has 0 saturated heterocycles. The van der Waals surface area contributed by atoms with Crippen molar-refractivity contribution in [1.29, 1.82) is 0 Å². The Labute approximate surface area is 154 Å². The van der Waals surface area contributed by atoms with Crippen molar-refractivity contribution in [3.63, 3.8) is 0 Å². The molecule has 7 heteroatoms. The SMILES string of the molecule is CCNC(=NCCCC1CCCC1)NCCNC(=O)c1scnc1C. The predicted octanol–water partition coefficient (Wildman–Crippen LogP) is 2.71. The molecule has 0 spiro atoms. The number of aryl methyl sites for hydroxylation is 1. The maximum atomic E-state index is 12.0. The Kier molecular flexibility index (Phi) is 8.72. The number of nitrogens with zero attached hydrogens (tertiary/aromatic N) is 2. The summed E-state index contributed by atoms with van der Waals surface area (Å²) in [6, 6.07) is 0. The van der Waals surface area contributed by atoms with Gasteiger partial charge in [0, 0.05) is 26.2 Å². The fourth-order valence-electron chi connectivity index (χ4n) is 3.17. The summed E-state index contributed by atoms with van der Waals surface area (Å²) in [7, 11) is 0. The van der Waals surface area contributed by atoms with Crippen molar-refractivity contribution in [2.75, 3.05) is 26.2 Å². The van der Waals surface area contributed by atoms with Crippen molar-refractivity contribution < 1.29 is 4.79 Å². The number of carbonyl (C=O) groups is 1. The van der Waals surface area contributed by atoms with Gasteiger partial charge in [0.2, 0.25) is 0 Å². The van der Waals surface area contributed by atoms with Crippen LogP contribution in [0.15, 0.2) is 10.5 Å². The topological polar surface area (TPSA) is 78.4 Å². The van der Waals surface area contributed by atoms with E-state index >= 15 is 0 Å². The molecule has 0 atom stereocenters. The van der Waals surface area contributed by atoms with Gasteiger partial charge in [0.15, 0.2) is 5.96 Å². The minimum atomic E-state index is -0.0553. The van der Waals surface area contributed by atoms with E-state index in [9.17, 15) is 4.79 Å². The summed E-state index contributed by atoms with van der Waals surface area (Å²) in [4.78, 5) is 21.4. The van der Waals surface area contributed by atoms with Gasteiger partial charge in [0.25, 0.3) is 5.91 Å². The van der Waals surface area contributed by atoms with Crippen LogP contribution in [0.5, 0.6) is 0 Å². The van der Waals surface area contributed by atoms with E-state index in [1.807, 2.05) is 6.92 Å². The van der Waals surface area contributed by atoms with Gasteiger partial charge < -0.3 is 16.0 Å². The van der Waals surface area contributed by atoms with Crippen molar-refractivity contribution in [3.05, 3.63) is 16.1 Å². The quantitative estimate of drug-likeness (QED) is 0.357. The minimum Gasteiger partial charge on any atom is -0.357 e. The van der Waals surface area contributed by atoms with Gasteiger partial charge in [-0.15, -0.1) is 11.3 Å². The van der Waals surface area contributed by atoms with E-state index in [-0.39, 0.29) is 5.91 Å². The van der Waals surface area contributed by atoms with Crippen LogP contribution in [0.2, 0.25) is 0 Å². The molecular weight excluding hydrogens is 334 g/mol. The first-order chi connectivity index (χ1) is 12.2. The monoisotopic (exact) mass is 365 g/mol. The van der Waals surface area contributed by atoms with Crippen LogP contribution in [0.3, 0.4) is 0 Å². The van der Waals surface area contributed by atoms with Crippen molar-refractivity contribution in [2.45, 2.75) is 52.4 Å². The third-order valence-corrected chi connectivity index (χ3v) is 5.44. The molecule has 1 saturated carbocycles.